The second-order valence-corrected chi connectivity index (χ2v) is 9.14. The molecule has 0 aromatic carbocycles. The normalized spacial score (nSPS) is 35.3. The van der Waals surface area contributed by atoms with Crippen LogP contribution in [-0.4, -0.2) is 71.9 Å². The van der Waals surface area contributed by atoms with E-state index in [2.05, 4.69) is 20.1 Å². The van der Waals surface area contributed by atoms with Gasteiger partial charge in [0, 0.05) is 19.5 Å². The van der Waals surface area contributed by atoms with Gasteiger partial charge in [0.15, 0.2) is 5.83 Å². The van der Waals surface area contributed by atoms with Crippen LogP contribution in [-0.2, 0) is 9.57 Å². The lowest BCUT2D eigenvalue weighted by Crippen LogP contribution is -2.43. The van der Waals surface area contributed by atoms with E-state index in [1.165, 1.54) is 0 Å². The molecular weight excluding hydrogens is 416 g/mol. The Kier molecular flexibility index (Phi) is 4.22. The van der Waals surface area contributed by atoms with Crippen LogP contribution in [0.1, 0.15) is 32.1 Å². The summed E-state index contributed by atoms with van der Waals surface area (Å²) in [5.74, 6) is -0.818. The number of fused-ring (bicyclic) bond motifs is 3. The number of halogens is 3. The van der Waals surface area contributed by atoms with Crippen LogP contribution >= 0.6 is 11.6 Å². The Labute approximate surface area is 177 Å². The molecule has 30 heavy (non-hydrogen) atoms. The van der Waals surface area contributed by atoms with E-state index in [1.54, 1.807) is 5.01 Å². The molecular formula is C20H22ClF2N5O2. The maximum Gasteiger partial charge on any atom is 0.334 e. The minimum absolute atomic E-state index is 0.0662. The van der Waals surface area contributed by atoms with E-state index in [0.717, 1.165) is 37.8 Å². The van der Waals surface area contributed by atoms with Crippen molar-refractivity contribution in [1.29, 1.82) is 0 Å². The van der Waals surface area contributed by atoms with Crippen molar-refractivity contribution in [3.8, 4) is 0 Å². The van der Waals surface area contributed by atoms with E-state index in [1.807, 2.05) is 0 Å². The quantitative estimate of drug-likeness (QED) is 0.666. The molecule has 160 valence electrons. The SMILES string of the molecule is FC1=C(Cl)C2=NOC[C@H]2C2=C3C1=NC(OC[C@@]14CCCN1C[C@H](F)C4)=NN3CCC2. The van der Waals surface area contributed by atoms with Gasteiger partial charge in [0.25, 0.3) is 0 Å². The van der Waals surface area contributed by atoms with Crippen molar-refractivity contribution in [3.63, 3.8) is 0 Å². The average Bonchev–Trinajstić information content (AvgIpc) is 3.42. The number of hydrazone groups is 1. The van der Waals surface area contributed by atoms with Gasteiger partial charge in [0.05, 0.1) is 17.2 Å². The van der Waals surface area contributed by atoms with Crippen molar-refractivity contribution in [2.45, 2.75) is 43.8 Å². The van der Waals surface area contributed by atoms with Crippen LogP contribution in [0.4, 0.5) is 8.78 Å². The number of allylic oxidation sites excluding steroid dienone is 2. The molecule has 0 bridgehead atoms. The maximum atomic E-state index is 15.3. The van der Waals surface area contributed by atoms with Gasteiger partial charge in [0.2, 0.25) is 0 Å². The van der Waals surface area contributed by atoms with Crippen LogP contribution in [0.2, 0.25) is 0 Å². The molecule has 3 atom stereocenters. The first kappa shape index (κ1) is 18.7. The molecule has 5 aliphatic heterocycles. The van der Waals surface area contributed by atoms with E-state index in [9.17, 15) is 4.39 Å². The molecule has 5 heterocycles. The third-order valence-electron chi connectivity index (χ3n) is 7.03. The van der Waals surface area contributed by atoms with Gasteiger partial charge in [-0.25, -0.2) is 8.78 Å². The van der Waals surface area contributed by atoms with Crippen molar-refractivity contribution in [3.05, 3.63) is 22.1 Å². The van der Waals surface area contributed by atoms with Crippen LogP contribution < -0.4 is 0 Å². The predicted octanol–water partition coefficient (Wildman–Crippen LogP) is 3.09. The number of oxime groups is 1. The predicted molar refractivity (Wildman–Crippen MR) is 108 cm³/mol. The van der Waals surface area contributed by atoms with Crippen LogP contribution in [0, 0.1) is 5.92 Å². The monoisotopic (exact) mass is 437 g/mol. The standard InChI is InChI=1S/C20H22ClF2N5O2/c21-14-15(23)17-18-12(13-9-30-26-16(13)14)3-1-6-28(18)25-19(24-17)29-10-20-4-2-5-27(20)8-11(22)7-20/h11,13H,1-10H2/t11-,13+,20+/m1/s1. The molecule has 0 aromatic heterocycles. The van der Waals surface area contributed by atoms with Crippen molar-refractivity contribution in [2.24, 2.45) is 21.2 Å². The van der Waals surface area contributed by atoms with Gasteiger partial charge in [-0.15, -0.1) is 5.10 Å². The Morgan fingerprint density at radius 1 is 1.30 bits per heavy atom. The summed E-state index contributed by atoms with van der Waals surface area (Å²) in [7, 11) is 0. The van der Waals surface area contributed by atoms with Crippen LogP contribution in [0.3, 0.4) is 0 Å². The lowest BCUT2D eigenvalue weighted by Gasteiger charge is -2.34. The summed E-state index contributed by atoms with van der Waals surface area (Å²) in [6.07, 6.45) is 3.19. The number of amidine groups is 1. The lowest BCUT2D eigenvalue weighted by atomic mass is 9.88. The van der Waals surface area contributed by atoms with Crippen molar-refractivity contribution in [1.82, 2.24) is 9.91 Å². The highest BCUT2D eigenvalue weighted by atomic mass is 35.5. The topological polar surface area (TPSA) is 62.0 Å². The molecule has 2 fully saturated rings. The fourth-order valence-electron chi connectivity index (χ4n) is 5.66. The number of hydrogen-bond acceptors (Lipinski definition) is 7. The van der Waals surface area contributed by atoms with Crippen LogP contribution in [0.25, 0.3) is 0 Å². The first-order valence-electron chi connectivity index (χ1n) is 10.5. The van der Waals surface area contributed by atoms with E-state index in [4.69, 9.17) is 21.2 Å². The highest BCUT2D eigenvalue weighted by Crippen LogP contribution is 2.43. The summed E-state index contributed by atoms with van der Waals surface area (Å²) in [5, 5.41) is 10.2. The number of nitrogens with zero attached hydrogens (tertiary/aromatic N) is 5. The molecule has 6 rings (SSSR count). The summed E-state index contributed by atoms with van der Waals surface area (Å²) in [5.41, 5.74) is 1.90. The molecule has 0 unspecified atom stereocenters. The van der Waals surface area contributed by atoms with Crippen molar-refractivity contribution >= 4 is 29.0 Å². The molecule has 6 aliphatic rings. The van der Waals surface area contributed by atoms with E-state index < -0.39 is 12.0 Å². The molecule has 7 nitrogen and oxygen atoms in total. The Morgan fingerprint density at radius 3 is 3.10 bits per heavy atom. The Balaban J connectivity index is 1.34. The molecule has 2 saturated heterocycles. The summed E-state index contributed by atoms with van der Waals surface area (Å²) in [6, 6.07) is 0.100. The molecule has 0 aromatic rings. The number of aliphatic imine (C=N–C) groups is 1. The number of hydrogen-bond donors (Lipinski definition) is 0. The number of rotatable bonds is 2. The van der Waals surface area contributed by atoms with Gasteiger partial charge in [-0.3, -0.25) is 9.91 Å². The van der Waals surface area contributed by atoms with E-state index in [0.29, 0.717) is 44.1 Å². The fraction of sp³-hybridized carbons (Fsp3) is 0.650. The van der Waals surface area contributed by atoms with Crippen molar-refractivity contribution < 1.29 is 18.4 Å². The van der Waals surface area contributed by atoms with Gasteiger partial charge in [0.1, 0.15) is 35.8 Å². The zero-order chi connectivity index (χ0) is 20.5. The molecule has 10 heteroatoms. The van der Waals surface area contributed by atoms with Gasteiger partial charge < -0.3 is 9.57 Å². The number of alkyl halides is 1. The second-order valence-electron chi connectivity index (χ2n) is 8.76. The first-order chi connectivity index (χ1) is 14.6. The molecule has 0 amide bonds. The van der Waals surface area contributed by atoms with Gasteiger partial charge in [-0.1, -0.05) is 16.8 Å². The molecule has 1 aliphatic carbocycles. The van der Waals surface area contributed by atoms with Crippen molar-refractivity contribution in [2.75, 3.05) is 32.8 Å². The second kappa shape index (κ2) is 6.75. The zero-order valence-electron chi connectivity index (χ0n) is 16.4. The van der Waals surface area contributed by atoms with Gasteiger partial charge in [-0.2, -0.15) is 4.99 Å². The summed E-state index contributed by atoms with van der Waals surface area (Å²) >= 11 is 6.34. The molecule has 0 radical (unpaired) electrons. The van der Waals surface area contributed by atoms with Gasteiger partial charge in [-0.05, 0) is 37.8 Å². The van der Waals surface area contributed by atoms with Crippen LogP contribution in [0.15, 0.2) is 37.4 Å². The molecule has 0 N–H and O–H groups in total. The number of ether oxygens (including phenoxy) is 1. The average molecular weight is 438 g/mol. The lowest BCUT2D eigenvalue weighted by molar-refractivity contribution is 0.103. The zero-order valence-corrected chi connectivity index (χ0v) is 17.2. The highest BCUT2D eigenvalue weighted by molar-refractivity contribution is 6.47. The largest absolute Gasteiger partial charge is 0.460 e. The van der Waals surface area contributed by atoms with Gasteiger partial charge >= 0.3 is 6.02 Å². The van der Waals surface area contributed by atoms with E-state index in [-0.39, 0.29) is 28.2 Å². The fourth-order valence-corrected chi connectivity index (χ4v) is 5.92. The minimum atomic E-state index is -0.837. The third-order valence-corrected chi connectivity index (χ3v) is 7.39. The smallest absolute Gasteiger partial charge is 0.334 e. The summed E-state index contributed by atoms with van der Waals surface area (Å²) < 4.78 is 35.4. The molecule has 0 spiro atoms. The maximum absolute atomic E-state index is 15.3. The Morgan fingerprint density at radius 2 is 2.20 bits per heavy atom. The summed E-state index contributed by atoms with van der Waals surface area (Å²) in [6.45, 7) is 2.61. The Hall–Kier alpha value is -2.00. The van der Waals surface area contributed by atoms with Crippen LogP contribution in [0.5, 0.6) is 0 Å². The summed E-state index contributed by atoms with van der Waals surface area (Å²) in [4.78, 5) is 11.8. The highest BCUT2D eigenvalue weighted by Gasteiger charge is 2.50. The Bertz CT molecular complexity index is 961. The third kappa shape index (κ3) is 2.67. The molecule has 0 saturated carbocycles. The first-order valence-corrected chi connectivity index (χ1v) is 10.9. The van der Waals surface area contributed by atoms with E-state index >= 15 is 4.39 Å². The minimum Gasteiger partial charge on any atom is -0.460 e.